The molecule has 50 valence electrons. The summed E-state index contributed by atoms with van der Waals surface area (Å²) in [7, 11) is 0. The van der Waals surface area contributed by atoms with Crippen LogP contribution in [0.5, 0.6) is 0 Å². The Morgan fingerprint density at radius 2 is 2.11 bits per heavy atom. The third kappa shape index (κ3) is 5.01. The van der Waals surface area contributed by atoms with Gasteiger partial charge in [-0.25, -0.2) is 0 Å². The predicted octanol–water partition coefficient (Wildman–Crippen LogP) is 2.10. The second kappa shape index (κ2) is 4.07. The Kier molecular flexibility index (Phi) is 3.69. The lowest BCUT2D eigenvalue weighted by Gasteiger charge is -1.92. The summed E-state index contributed by atoms with van der Waals surface area (Å²) in [4.78, 5) is 10.6. The van der Waals surface area contributed by atoms with Crippen molar-refractivity contribution in [3.63, 3.8) is 0 Å². The fourth-order valence-electron chi connectivity index (χ4n) is 0.439. The number of ketones is 1. The zero-order valence-electron chi connectivity index (χ0n) is 5.81. The van der Waals surface area contributed by atoms with Gasteiger partial charge in [0.1, 0.15) is 0 Å². The van der Waals surface area contributed by atoms with E-state index in [-0.39, 0.29) is 5.78 Å². The molecule has 9 heavy (non-hydrogen) atoms. The summed E-state index contributed by atoms with van der Waals surface area (Å²) in [5, 5.41) is 0. The van der Waals surface area contributed by atoms with Crippen LogP contribution in [0.1, 0.15) is 19.8 Å². The molecule has 0 aromatic heterocycles. The van der Waals surface area contributed by atoms with Gasteiger partial charge in [-0.15, -0.1) is 6.58 Å². The summed E-state index contributed by atoms with van der Waals surface area (Å²) in [5.74, 6) is 0.0954. The van der Waals surface area contributed by atoms with Crippen LogP contribution in [-0.4, -0.2) is 5.78 Å². The van der Waals surface area contributed by atoms with Gasteiger partial charge < -0.3 is 0 Å². The highest BCUT2D eigenvalue weighted by atomic mass is 16.1. The van der Waals surface area contributed by atoms with E-state index in [0.29, 0.717) is 6.42 Å². The van der Waals surface area contributed by atoms with Crippen LogP contribution >= 0.6 is 0 Å². The Morgan fingerprint density at radius 1 is 1.56 bits per heavy atom. The molecule has 0 aliphatic heterocycles. The van der Waals surface area contributed by atoms with Crippen molar-refractivity contribution < 1.29 is 4.79 Å². The summed E-state index contributed by atoms with van der Waals surface area (Å²) in [6.45, 7) is 8.95. The van der Waals surface area contributed by atoms with Crippen molar-refractivity contribution >= 4 is 5.78 Å². The molecule has 0 rings (SSSR count). The fraction of sp³-hybridized carbons (Fsp3) is 0.375. The third-order valence-electron chi connectivity index (χ3n) is 1.03. The SMILES string of the molecule is C=CC(=O)CCC(=C)C. The molecule has 0 fully saturated rings. The van der Waals surface area contributed by atoms with Crippen LogP contribution in [0.3, 0.4) is 0 Å². The van der Waals surface area contributed by atoms with Crippen molar-refractivity contribution in [2.45, 2.75) is 19.8 Å². The molecule has 1 nitrogen and oxygen atoms in total. The molecule has 0 N–H and O–H groups in total. The first-order chi connectivity index (χ1) is 4.16. The summed E-state index contributed by atoms with van der Waals surface area (Å²) in [5.41, 5.74) is 1.05. The number of hydrogen-bond acceptors (Lipinski definition) is 1. The molecule has 0 heterocycles. The highest BCUT2D eigenvalue weighted by Crippen LogP contribution is 2.00. The number of allylic oxidation sites excluding steroid dienone is 2. The first-order valence-electron chi connectivity index (χ1n) is 2.96. The van der Waals surface area contributed by atoms with E-state index in [1.165, 1.54) is 6.08 Å². The normalized spacial score (nSPS) is 8.56. The van der Waals surface area contributed by atoms with E-state index < -0.39 is 0 Å². The van der Waals surface area contributed by atoms with Gasteiger partial charge >= 0.3 is 0 Å². The minimum Gasteiger partial charge on any atom is -0.295 e. The lowest BCUT2D eigenvalue weighted by molar-refractivity contribution is -0.114. The third-order valence-corrected chi connectivity index (χ3v) is 1.03. The number of hydrogen-bond donors (Lipinski definition) is 0. The van der Waals surface area contributed by atoms with Crippen LogP contribution in [0.15, 0.2) is 24.8 Å². The van der Waals surface area contributed by atoms with Gasteiger partial charge in [0.2, 0.25) is 0 Å². The predicted molar refractivity (Wildman–Crippen MR) is 39.3 cm³/mol. The van der Waals surface area contributed by atoms with E-state index in [0.717, 1.165) is 12.0 Å². The Balaban J connectivity index is 3.39. The molecule has 0 aromatic rings. The van der Waals surface area contributed by atoms with Crippen LogP contribution in [0.25, 0.3) is 0 Å². The largest absolute Gasteiger partial charge is 0.295 e. The molecule has 0 unspecified atom stereocenters. The molecule has 0 spiro atoms. The van der Waals surface area contributed by atoms with Gasteiger partial charge in [0, 0.05) is 6.42 Å². The van der Waals surface area contributed by atoms with Crippen molar-refractivity contribution in [2.24, 2.45) is 0 Å². The maximum atomic E-state index is 10.6. The molecule has 0 saturated heterocycles. The van der Waals surface area contributed by atoms with E-state index in [4.69, 9.17) is 0 Å². The molecule has 0 amide bonds. The van der Waals surface area contributed by atoms with Crippen LogP contribution in [0, 0.1) is 0 Å². The Morgan fingerprint density at radius 3 is 2.44 bits per heavy atom. The lowest BCUT2D eigenvalue weighted by Crippen LogP contribution is -1.90. The van der Waals surface area contributed by atoms with Gasteiger partial charge in [-0.1, -0.05) is 12.2 Å². The van der Waals surface area contributed by atoms with Crippen LogP contribution in [0.4, 0.5) is 0 Å². The standard InChI is InChI=1S/C8H12O/c1-4-8(9)6-5-7(2)3/h4H,1-2,5-6H2,3H3. The second-order valence-corrected chi connectivity index (χ2v) is 2.13. The molecule has 0 saturated carbocycles. The van der Waals surface area contributed by atoms with E-state index in [1.807, 2.05) is 6.92 Å². The van der Waals surface area contributed by atoms with Crippen molar-refractivity contribution in [2.75, 3.05) is 0 Å². The molecular weight excluding hydrogens is 112 g/mol. The fourth-order valence-corrected chi connectivity index (χ4v) is 0.439. The molecule has 0 aliphatic rings. The molecule has 1 heteroatoms. The monoisotopic (exact) mass is 124 g/mol. The van der Waals surface area contributed by atoms with Crippen molar-refractivity contribution in [3.05, 3.63) is 24.8 Å². The van der Waals surface area contributed by atoms with Gasteiger partial charge in [-0.2, -0.15) is 0 Å². The topological polar surface area (TPSA) is 17.1 Å². The highest BCUT2D eigenvalue weighted by molar-refractivity contribution is 5.89. The minimum absolute atomic E-state index is 0.0954. The smallest absolute Gasteiger partial charge is 0.155 e. The maximum absolute atomic E-state index is 10.6. The van der Waals surface area contributed by atoms with E-state index in [1.54, 1.807) is 0 Å². The molecule has 0 aromatic carbocycles. The van der Waals surface area contributed by atoms with Gasteiger partial charge in [-0.05, 0) is 19.4 Å². The van der Waals surface area contributed by atoms with E-state index >= 15 is 0 Å². The molecular formula is C8H12O. The highest BCUT2D eigenvalue weighted by Gasteiger charge is 1.93. The van der Waals surface area contributed by atoms with E-state index in [9.17, 15) is 4.79 Å². The number of carbonyl (C=O) groups excluding carboxylic acids is 1. The average Bonchev–Trinajstić information content (AvgIpc) is 1.83. The summed E-state index contributed by atoms with van der Waals surface area (Å²) < 4.78 is 0. The number of rotatable bonds is 4. The zero-order chi connectivity index (χ0) is 7.28. The quantitative estimate of drug-likeness (QED) is 0.414. The van der Waals surface area contributed by atoms with Gasteiger partial charge in [0.15, 0.2) is 5.78 Å². The Hall–Kier alpha value is -0.850. The Bertz CT molecular complexity index is 134. The van der Waals surface area contributed by atoms with Crippen LogP contribution in [-0.2, 0) is 4.79 Å². The van der Waals surface area contributed by atoms with Crippen LogP contribution in [0.2, 0.25) is 0 Å². The summed E-state index contributed by atoms with van der Waals surface area (Å²) in [6.07, 6.45) is 2.69. The average molecular weight is 124 g/mol. The van der Waals surface area contributed by atoms with Gasteiger partial charge in [0.25, 0.3) is 0 Å². The van der Waals surface area contributed by atoms with Gasteiger partial charge in [0.05, 0.1) is 0 Å². The summed E-state index contributed by atoms with van der Waals surface area (Å²) in [6, 6.07) is 0. The molecule has 0 bridgehead atoms. The van der Waals surface area contributed by atoms with Crippen molar-refractivity contribution in [3.8, 4) is 0 Å². The van der Waals surface area contributed by atoms with Crippen molar-refractivity contribution in [1.82, 2.24) is 0 Å². The zero-order valence-corrected chi connectivity index (χ0v) is 5.81. The molecule has 0 atom stereocenters. The molecule has 0 radical (unpaired) electrons. The first-order valence-corrected chi connectivity index (χ1v) is 2.96. The first kappa shape index (κ1) is 8.15. The minimum atomic E-state index is 0.0954. The van der Waals surface area contributed by atoms with Gasteiger partial charge in [-0.3, -0.25) is 4.79 Å². The molecule has 0 aliphatic carbocycles. The Labute approximate surface area is 56.1 Å². The maximum Gasteiger partial charge on any atom is 0.155 e. The van der Waals surface area contributed by atoms with Crippen molar-refractivity contribution in [1.29, 1.82) is 0 Å². The number of carbonyl (C=O) groups is 1. The summed E-state index contributed by atoms with van der Waals surface area (Å²) >= 11 is 0. The lowest BCUT2D eigenvalue weighted by atomic mass is 10.1. The second-order valence-electron chi connectivity index (χ2n) is 2.13. The van der Waals surface area contributed by atoms with Crippen LogP contribution < -0.4 is 0 Å². The van der Waals surface area contributed by atoms with E-state index in [2.05, 4.69) is 13.2 Å².